The minimum absolute atomic E-state index is 0. The second kappa shape index (κ2) is 10.5. The van der Waals surface area contributed by atoms with Gasteiger partial charge in [-0.2, -0.15) is 5.10 Å². The molecular weight excluding hydrogens is 318 g/mol. The number of aliphatic imine (C=N–C) groups is 1. The van der Waals surface area contributed by atoms with Crippen LogP contribution >= 0.6 is 0 Å². The van der Waals surface area contributed by atoms with Gasteiger partial charge in [-0.05, 0) is 37.8 Å². The summed E-state index contributed by atoms with van der Waals surface area (Å²) in [5, 5.41) is 4.35. The number of dihydropyridines is 1. The van der Waals surface area contributed by atoms with Gasteiger partial charge in [-0.15, -0.1) is 0 Å². The van der Waals surface area contributed by atoms with Gasteiger partial charge in [0.1, 0.15) is 0 Å². The molecule has 0 N–H and O–H groups in total. The monoisotopic (exact) mass is 359 g/mol. The van der Waals surface area contributed by atoms with Gasteiger partial charge >= 0.3 is 0 Å². The van der Waals surface area contributed by atoms with Gasteiger partial charge in [-0.25, -0.2) is 0 Å². The summed E-state index contributed by atoms with van der Waals surface area (Å²) in [6.07, 6.45) is 14.1. The van der Waals surface area contributed by atoms with E-state index in [0.717, 1.165) is 34.9 Å². The van der Waals surface area contributed by atoms with Crippen molar-refractivity contribution in [2.45, 2.75) is 85.6 Å². The van der Waals surface area contributed by atoms with Gasteiger partial charge in [0, 0.05) is 19.7 Å². The van der Waals surface area contributed by atoms with E-state index < -0.39 is 0 Å². The Hall–Kier alpha value is -1.64. The first-order valence-corrected chi connectivity index (χ1v) is 10.5. The molecule has 0 radical (unpaired) electrons. The third-order valence-corrected chi connectivity index (χ3v) is 5.42. The molecule has 148 valence electrons. The van der Waals surface area contributed by atoms with E-state index in [4.69, 9.17) is 4.99 Å². The fraction of sp³-hybridized carbons (Fsp3) is 0.652. The van der Waals surface area contributed by atoms with Crippen molar-refractivity contribution < 1.29 is 1.43 Å². The highest BCUT2D eigenvalue weighted by molar-refractivity contribution is 6.10. The van der Waals surface area contributed by atoms with Gasteiger partial charge in [-0.1, -0.05) is 72.5 Å². The zero-order valence-electron chi connectivity index (χ0n) is 18.1. The normalized spacial score (nSPS) is 22.7. The van der Waals surface area contributed by atoms with Crippen LogP contribution in [-0.2, 0) is 7.05 Å². The van der Waals surface area contributed by atoms with E-state index in [0.29, 0.717) is 0 Å². The van der Waals surface area contributed by atoms with Crippen molar-refractivity contribution >= 4 is 5.71 Å². The minimum atomic E-state index is -0.158. The minimum Gasteiger partial charge on any atom is -0.274 e. The lowest BCUT2D eigenvalue weighted by atomic mass is 9.76. The van der Waals surface area contributed by atoms with Crippen LogP contribution in [-0.4, -0.2) is 21.0 Å². The van der Waals surface area contributed by atoms with Crippen molar-refractivity contribution in [3.63, 3.8) is 0 Å². The molecule has 2 aliphatic rings. The molecule has 1 atom stereocenters. The Kier molecular flexibility index (Phi) is 9.04. The molecule has 0 aromatic carbocycles. The Morgan fingerprint density at radius 3 is 2.31 bits per heavy atom. The summed E-state index contributed by atoms with van der Waals surface area (Å²) in [5.74, 6) is 0.794. The summed E-state index contributed by atoms with van der Waals surface area (Å²) in [6.45, 7) is 16.6. The number of hydrogen-bond acceptors (Lipinski definition) is 2. The average Bonchev–Trinajstić information content (AvgIpc) is 3.01. The Balaban J connectivity index is 0.00000127. The first kappa shape index (κ1) is 22.4. The molecule has 1 aromatic heterocycles. The highest BCUT2D eigenvalue weighted by atomic mass is 15.3. The first-order chi connectivity index (χ1) is 12.5. The zero-order valence-corrected chi connectivity index (χ0v) is 18.1. The summed E-state index contributed by atoms with van der Waals surface area (Å²) < 4.78 is 1.91. The largest absolute Gasteiger partial charge is 0.274 e. The highest BCUT2D eigenvalue weighted by Gasteiger charge is 2.32. The van der Waals surface area contributed by atoms with Crippen LogP contribution in [0.5, 0.6) is 0 Å². The van der Waals surface area contributed by atoms with Crippen molar-refractivity contribution in [2.75, 3.05) is 0 Å². The molecule has 1 aromatic rings. The SMILES string of the molecule is C=C1C=CC(c2cnn(C)c2C)=NC1(C)CC1CCCCC1.CC.CC.[HH]. The lowest BCUT2D eigenvalue weighted by Crippen LogP contribution is -2.31. The second-order valence-corrected chi connectivity index (χ2v) is 7.10. The van der Waals surface area contributed by atoms with Crippen LogP contribution in [0, 0.1) is 12.8 Å². The van der Waals surface area contributed by atoms with E-state index in [9.17, 15) is 0 Å². The number of hydrogen-bond donors (Lipinski definition) is 0. The number of aryl methyl sites for hydroxylation is 1. The molecular formula is C23H41N3. The van der Waals surface area contributed by atoms with Gasteiger partial charge in [0.15, 0.2) is 0 Å². The lowest BCUT2D eigenvalue weighted by Gasteiger charge is -2.35. The predicted molar refractivity (Wildman–Crippen MR) is 117 cm³/mol. The van der Waals surface area contributed by atoms with Crippen LogP contribution in [0.25, 0.3) is 0 Å². The van der Waals surface area contributed by atoms with Crippen molar-refractivity contribution in [3.8, 4) is 0 Å². The summed E-state index contributed by atoms with van der Waals surface area (Å²) in [6, 6.07) is 0. The van der Waals surface area contributed by atoms with Crippen molar-refractivity contribution in [2.24, 2.45) is 18.0 Å². The fourth-order valence-corrected chi connectivity index (χ4v) is 3.76. The molecule has 1 unspecified atom stereocenters. The number of rotatable bonds is 3. The van der Waals surface area contributed by atoms with Crippen LogP contribution in [0.3, 0.4) is 0 Å². The van der Waals surface area contributed by atoms with Gasteiger partial charge < -0.3 is 0 Å². The molecule has 1 aliphatic carbocycles. The predicted octanol–water partition coefficient (Wildman–Crippen LogP) is 6.67. The van der Waals surface area contributed by atoms with E-state index in [1.165, 1.54) is 32.1 Å². The van der Waals surface area contributed by atoms with Crippen LogP contribution in [0.1, 0.15) is 85.8 Å². The van der Waals surface area contributed by atoms with Crippen LogP contribution in [0.4, 0.5) is 0 Å². The summed E-state index contributed by atoms with van der Waals surface area (Å²) >= 11 is 0. The van der Waals surface area contributed by atoms with E-state index in [2.05, 4.69) is 37.7 Å². The van der Waals surface area contributed by atoms with Crippen molar-refractivity contribution in [3.05, 3.63) is 41.8 Å². The van der Waals surface area contributed by atoms with E-state index in [1.54, 1.807) is 0 Å². The quantitative estimate of drug-likeness (QED) is 0.592. The molecule has 1 saturated carbocycles. The average molecular weight is 360 g/mol. The lowest BCUT2D eigenvalue weighted by molar-refractivity contribution is 0.293. The van der Waals surface area contributed by atoms with Crippen LogP contribution in [0.15, 0.2) is 35.5 Å². The number of allylic oxidation sites excluding steroid dienone is 1. The van der Waals surface area contributed by atoms with Crippen molar-refractivity contribution in [1.29, 1.82) is 0 Å². The number of aromatic nitrogens is 2. The molecule has 3 heteroatoms. The standard InChI is InChI=1S/C19H27N3.2C2H6.H2/c1-14-10-11-18(17-13-20-22(4)15(17)2)21-19(14,3)12-16-8-6-5-7-9-16;2*1-2;/h10-11,13,16H,1,5-9,12H2,2-4H3;2*1-2H3;1H. The Morgan fingerprint density at radius 1 is 1.15 bits per heavy atom. The first-order valence-electron chi connectivity index (χ1n) is 10.5. The maximum atomic E-state index is 5.11. The highest BCUT2D eigenvalue weighted by Crippen LogP contribution is 2.38. The molecule has 1 aliphatic heterocycles. The second-order valence-electron chi connectivity index (χ2n) is 7.10. The van der Waals surface area contributed by atoms with E-state index >= 15 is 0 Å². The summed E-state index contributed by atoms with van der Waals surface area (Å²) in [7, 11) is 1.98. The van der Waals surface area contributed by atoms with Gasteiger partial charge in [0.05, 0.1) is 17.4 Å². The molecule has 0 saturated heterocycles. The Labute approximate surface area is 162 Å². The van der Waals surface area contributed by atoms with Crippen LogP contribution < -0.4 is 0 Å². The fourth-order valence-electron chi connectivity index (χ4n) is 3.76. The zero-order chi connectivity index (χ0) is 19.7. The van der Waals surface area contributed by atoms with Crippen LogP contribution in [0.2, 0.25) is 0 Å². The molecule has 3 nitrogen and oxygen atoms in total. The molecule has 0 spiro atoms. The molecule has 2 heterocycles. The molecule has 3 rings (SSSR count). The van der Waals surface area contributed by atoms with E-state index in [-0.39, 0.29) is 6.97 Å². The third kappa shape index (κ3) is 5.18. The maximum Gasteiger partial charge on any atom is 0.0832 e. The van der Waals surface area contributed by atoms with Gasteiger partial charge in [0.25, 0.3) is 0 Å². The van der Waals surface area contributed by atoms with Gasteiger partial charge in [-0.3, -0.25) is 9.67 Å². The third-order valence-electron chi connectivity index (χ3n) is 5.42. The smallest absolute Gasteiger partial charge is 0.0832 e. The summed E-state index contributed by atoms with van der Waals surface area (Å²) in [4.78, 5) is 5.11. The van der Waals surface area contributed by atoms with Crippen molar-refractivity contribution in [1.82, 2.24) is 9.78 Å². The molecule has 26 heavy (non-hydrogen) atoms. The molecule has 0 amide bonds. The van der Waals surface area contributed by atoms with Gasteiger partial charge in [0.2, 0.25) is 0 Å². The maximum absolute atomic E-state index is 5.11. The summed E-state index contributed by atoms with van der Waals surface area (Å²) in [5.41, 5.74) is 4.34. The molecule has 0 bridgehead atoms. The number of nitrogens with zero attached hydrogens (tertiary/aromatic N) is 3. The Morgan fingerprint density at radius 2 is 1.77 bits per heavy atom. The molecule has 1 fully saturated rings. The van der Waals surface area contributed by atoms with E-state index in [1.807, 2.05) is 45.6 Å². The topological polar surface area (TPSA) is 30.2 Å². The Bertz CT molecular complexity index is 636.